The molecule has 0 aliphatic rings. The van der Waals surface area contributed by atoms with Crippen LogP contribution in [-0.2, 0) is 22.4 Å². The van der Waals surface area contributed by atoms with Crippen molar-refractivity contribution in [1.82, 2.24) is 0 Å². The second kappa shape index (κ2) is 16.2. The molecule has 4 rings (SSSR count). The SMILES string of the molecule is O=C(Cc1cccs1)C[C@H](B(O)O)c1cccc(C(=O)[O-])c1.O=C(Cc1cccs1)C[C@H](B(O)O)c1ccccc1. The van der Waals surface area contributed by atoms with Gasteiger partial charge in [0.2, 0.25) is 0 Å². The van der Waals surface area contributed by atoms with Crippen LogP contribution in [0.25, 0.3) is 0 Å². The lowest BCUT2D eigenvalue weighted by Gasteiger charge is -2.16. The first-order chi connectivity index (χ1) is 19.6. The van der Waals surface area contributed by atoms with Crippen molar-refractivity contribution in [2.24, 2.45) is 0 Å². The highest BCUT2D eigenvalue weighted by Gasteiger charge is 2.29. The summed E-state index contributed by atoms with van der Waals surface area (Å²) in [4.78, 5) is 36.8. The molecule has 2 atom stereocenters. The van der Waals surface area contributed by atoms with E-state index in [1.807, 2.05) is 65.4 Å². The Kier molecular flexibility index (Phi) is 12.7. The van der Waals surface area contributed by atoms with Gasteiger partial charge in [-0.3, -0.25) is 9.59 Å². The summed E-state index contributed by atoms with van der Waals surface area (Å²) in [6.45, 7) is 0. The van der Waals surface area contributed by atoms with Gasteiger partial charge in [0.15, 0.2) is 0 Å². The van der Waals surface area contributed by atoms with Gasteiger partial charge in [0, 0.05) is 47.1 Å². The van der Waals surface area contributed by atoms with Crippen molar-refractivity contribution in [1.29, 1.82) is 0 Å². The van der Waals surface area contributed by atoms with Crippen molar-refractivity contribution < 1.29 is 39.6 Å². The van der Waals surface area contributed by atoms with E-state index in [-0.39, 0.29) is 36.4 Å². The normalized spacial score (nSPS) is 12.0. The number of carbonyl (C=O) groups excluding carboxylic acids is 3. The van der Waals surface area contributed by atoms with Crippen molar-refractivity contribution >= 4 is 54.4 Å². The Balaban J connectivity index is 0.000000228. The third-order valence-electron chi connectivity index (χ3n) is 6.30. The van der Waals surface area contributed by atoms with E-state index in [0.717, 1.165) is 15.3 Å². The van der Waals surface area contributed by atoms with Crippen LogP contribution < -0.4 is 5.11 Å². The standard InChI is InChI=1S/C15H15BO5S.C14H15BO3S/c17-12(8-13-5-2-6-22-13)9-14(16(20)21)10-3-1-4-11(7-10)15(18)19;16-12(9-13-7-4-8-19-13)10-14(15(17)18)11-5-2-1-3-6-11/h1-7,14,20-21H,8-9H2,(H,18,19);1-8,14,17-18H,9-10H2/p-1/t2*14-/m00/s1. The molecule has 212 valence electrons. The Morgan fingerprint density at radius 2 is 1.15 bits per heavy atom. The van der Waals surface area contributed by atoms with Crippen LogP contribution >= 0.6 is 22.7 Å². The molecule has 8 nitrogen and oxygen atoms in total. The number of hydrogen-bond donors (Lipinski definition) is 4. The summed E-state index contributed by atoms with van der Waals surface area (Å²) in [5, 5.41) is 52.6. The van der Waals surface area contributed by atoms with Gasteiger partial charge in [-0.1, -0.05) is 66.7 Å². The van der Waals surface area contributed by atoms with E-state index in [2.05, 4.69) is 0 Å². The monoisotopic (exact) mass is 591 g/mol. The van der Waals surface area contributed by atoms with E-state index in [1.54, 1.807) is 6.07 Å². The quantitative estimate of drug-likeness (QED) is 0.173. The summed E-state index contributed by atoms with van der Waals surface area (Å²) >= 11 is 2.99. The summed E-state index contributed by atoms with van der Waals surface area (Å²) < 4.78 is 0. The number of carboxylic acids is 1. The Hall–Kier alpha value is -3.38. The number of aromatic carboxylic acids is 1. The molecule has 12 heteroatoms. The molecule has 2 aromatic heterocycles. The summed E-state index contributed by atoms with van der Waals surface area (Å²) in [6, 6.07) is 22.3. The van der Waals surface area contributed by atoms with Gasteiger partial charge in [-0.2, -0.15) is 0 Å². The number of carboxylic acid groups (broad SMARTS) is 1. The second-order valence-electron chi connectivity index (χ2n) is 9.36. The van der Waals surface area contributed by atoms with Gasteiger partial charge >= 0.3 is 14.2 Å². The first kappa shape index (κ1) is 32.1. The van der Waals surface area contributed by atoms with Gasteiger partial charge < -0.3 is 30.0 Å². The maximum atomic E-state index is 12.1. The molecule has 0 saturated heterocycles. The van der Waals surface area contributed by atoms with E-state index in [9.17, 15) is 39.6 Å². The molecule has 0 aliphatic heterocycles. The number of benzene rings is 2. The van der Waals surface area contributed by atoms with E-state index >= 15 is 0 Å². The summed E-state index contributed by atoms with van der Waals surface area (Å²) in [5.74, 6) is -2.90. The Morgan fingerprint density at radius 1 is 0.659 bits per heavy atom. The number of thiophene rings is 2. The van der Waals surface area contributed by atoms with Crippen molar-refractivity contribution in [2.75, 3.05) is 0 Å². The zero-order valence-electron chi connectivity index (χ0n) is 22.0. The second-order valence-corrected chi connectivity index (χ2v) is 11.4. The predicted octanol–water partition coefficient (Wildman–Crippen LogP) is 2.45. The van der Waals surface area contributed by atoms with E-state index in [4.69, 9.17) is 0 Å². The fourth-order valence-electron chi connectivity index (χ4n) is 4.24. The largest absolute Gasteiger partial charge is 0.545 e. The maximum absolute atomic E-state index is 12.1. The first-order valence-corrected chi connectivity index (χ1v) is 14.6. The van der Waals surface area contributed by atoms with Crippen LogP contribution in [-0.4, -0.2) is 51.9 Å². The summed E-state index contributed by atoms with van der Waals surface area (Å²) in [5.41, 5.74) is 1.10. The van der Waals surface area contributed by atoms with Gasteiger partial charge in [0.05, 0.1) is 5.97 Å². The highest BCUT2D eigenvalue weighted by molar-refractivity contribution is 7.10. The minimum absolute atomic E-state index is 0.0180. The molecular formula is C29H29B2O8S2-. The minimum Gasteiger partial charge on any atom is -0.545 e. The first-order valence-electron chi connectivity index (χ1n) is 12.8. The van der Waals surface area contributed by atoms with Crippen LogP contribution in [0.1, 0.15) is 55.7 Å². The molecule has 0 spiro atoms. The molecule has 0 saturated carbocycles. The number of Topliss-reactive ketones (excluding diaryl/α,β-unsaturated/α-hetero) is 2. The predicted molar refractivity (Wildman–Crippen MR) is 158 cm³/mol. The number of hydrogen-bond acceptors (Lipinski definition) is 10. The lowest BCUT2D eigenvalue weighted by atomic mass is 9.66. The molecule has 41 heavy (non-hydrogen) atoms. The molecule has 2 heterocycles. The topological polar surface area (TPSA) is 155 Å². The molecular weight excluding hydrogens is 562 g/mol. The van der Waals surface area contributed by atoms with Gasteiger partial charge in [0.1, 0.15) is 11.6 Å². The molecule has 4 N–H and O–H groups in total. The molecule has 0 fully saturated rings. The van der Waals surface area contributed by atoms with Crippen LogP contribution in [0, 0.1) is 0 Å². The number of ketones is 2. The average molecular weight is 591 g/mol. The van der Waals surface area contributed by atoms with Crippen LogP contribution in [0.3, 0.4) is 0 Å². The lowest BCUT2D eigenvalue weighted by molar-refractivity contribution is -0.255. The van der Waals surface area contributed by atoms with Gasteiger partial charge in [-0.05, 0) is 39.6 Å². The summed E-state index contributed by atoms with van der Waals surface area (Å²) in [7, 11) is -3.26. The van der Waals surface area contributed by atoms with Crippen LogP contribution in [0.2, 0.25) is 0 Å². The van der Waals surface area contributed by atoms with E-state index < -0.39 is 31.8 Å². The fourth-order valence-corrected chi connectivity index (χ4v) is 5.70. The molecule has 0 radical (unpaired) electrons. The van der Waals surface area contributed by atoms with E-state index in [0.29, 0.717) is 12.0 Å². The number of rotatable bonds is 13. The third-order valence-corrected chi connectivity index (χ3v) is 8.05. The molecule has 2 aromatic carbocycles. The number of carbonyl (C=O) groups is 3. The molecule has 0 bridgehead atoms. The third kappa shape index (κ3) is 10.5. The minimum atomic E-state index is -1.75. The highest BCUT2D eigenvalue weighted by Crippen LogP contribution is 2.24. The molecule has 0 unspecified atom stereocenters. The van der Waals surface area contributed by atoms with Gasteiger partial charge in [-0.15, -0.1) is 22.7 Å². The summed E-state index contributed by atoms with van der Waals surface area (Å²) in [6.07, 6.45) is 0.639. The smallest absolute Gasteiger partial charge is 0.459 e. The van der Waals surface area contributed by atoms with Crippen molar-refractivity contribution in [3.63, 3.8) is 0 Å². The Morgan fingerprint density at radius 3 is 1.59 bits per heavy atom. The molecule has 4 aromatic rings. The van der Waals surface area contributed by atoms with Crippen LogP contribution in [0.5, 0.6) is 0 Å². The zero-order valence-corrected chi connectivity index (χ0v) is 23.7. The zero-order chi connectivity index (χ0) is 29.8. The van der Waals surface area contributed by atoms with Gasteiger partial charge in [-0.25, -0.2) is 0 Å². The average Bonchev–Trinajstić information content (AvgIpc) is 3.65. The Labute approximate surface area is 246 Å². The Bertz CT molecular complexity index is 1380. The fraction of sp³-hybridized carbons (Fsp3) is 0.207. The van der Waals surface area contributed by atoms with Crippen LogP contribution in [0.15, 0.2) is 89.6 Å². The van der Waals surface area contributed by atoms with Crippen molar-refractivity contribution in [3.8, 4) is 0 Å². The van der Waals surface area contributed by atoms with Crippen molar-refractivity contribution in [3.05, 3.63) is 116 Å². The van der Waals surface area contributed by atoms with Gasteiger partial charge in [0.25, 0.3) is 0 Å². The van der Waals surface area contributed by atoms with Crippen molar-refractivity contribution in [2.45, 2.75) is 37.3 Å². The molecule has 0 aliphatic carbocycles. The molecule has 0 amide bonds. The van der Waals surface area contributed by atoms with Crippen LogP contribution in [0.4, 0.5) is 0 Å². The maximum Gasteiger partial charge on any atom is 0.459 e. The highest BCUT2D eigenvalue weighted by atomic mass is 32.1. The van der Waals surface area contributed by atoms with E-state index in [1.165, 1.54) is 40.9 Å². The lowest BCUT2D eigenvalue weighted by Crippen LogP contribution is -2.27.